The van der Waals surface area contributed by atoms with Gasteiger partial charge in [-0.2, -0.15) is 0 Å². The zero-order valence-corrected chi connectivity index (χ0v) is 9.83. The van der Waals surface area contributed by atoms with Crippen molar-refractivity contribution in [3.8, 4) is 0 Å². The number of hydrogen-bond donors (Lipinski definition) is 1. The maximum Gasteiger partial charge on any atom is 0.321 e. The summed E-state index contributed by atoms with van der Waals surface area (Å²) in [4.78, 5) is 11.2. The Bertz CT molecular complexity index is 514. The Morgan fingerprint density at radius 3 is 2.65 bits per heavy atom. The summed E-state index contributed by atoms with van der Waals surface area (Å²) in [6, 6.07) is 9.00. The highest BCUT2D eigenvalue weighted by molar-refractivity contribution is 8.00. The SMILES string of the molecule is Cn1nnnc1S[C@@H](C(=O)O)c1ccccc1. The van der Waals surface area contributed by atoms with E-state index in [2.05, 4.69) is 15.5 Å². The van der Waals surface area contributed by atoms with Crippen molar-refractivity contribution in [2.45, 2.75) is 10.4 Å². The summed E-state index contributed by atoms with van der Waals surface area (Å²) in [5.74, 6) is -0.913. The number of aromatic nitrogens is 4. The van der Waals surface area contributed by atoms with Crippen LogP contribution in [0.4, 0.5) is 0 Å². The molecule has 1 aromatic heterocycles. The molecule has 0 bridgehead atoms. The van der Waals surface area contributed by atoms with E-state index in [0.717, 1.165) is 11.8 Å². The quantitative estimate of drug-likeness (QED) is 0.819. The number of aryl methyl sites for hydroxylation is 1. The van der Waals surface area contributed by atoms with Crippen LogP contribution in [-0.4, -0.2) is 31.3 Å². The molecule has 1 N–H and O–H groups in total. The molecule has 0 amide bonds. The van der Waals surface area contributed by atoms with E-state index in [1.807, 2.05) is 6.07 Å². The third-order valence-electron chi connectivity index (χ3n) is 2.13. The van der Waals surface area contributed by atoms with Gasteiger partial charge in [0.15, 0.2) is 0 Å². The van der Waals surface area contributed by atoms with E-state index in [1.165, 1.54) is 4.68 Å². The second-order valence-corrected chi connectivity index (χ2v) is 4.40. The number of hydrogen-bond acceptors (Lipinski definition) is 5. The number of carboxylic acid groups (broad SMARTS) is 1. The largest absolute Gasteiger partial charge is 0.480 e. The molecule has 2 rings (SSSR count). The van der Waals surface area contributed by atoms with Crippen LogP contribution >= 0.6 is 11.8 Å². The second kappa shape index (κ2) is 4.96. The first-order valence-electron chi connectivity index (χ1n) is 4.85. The minimum atomic E-state index is -0.913. The van der Waals surface area contributed by atoms with Gasteiger partial charge in [0.1, 0.15) is 5.25 Å². The number of rotatable bonds is 4. The molecular weight excluding hydrogens is 240 g/mol. The molecule has 0 aliphatic carbocycles. The Kier molecular flexibility index (Phi) is 3.38. The van der Waals surface area contributed by atoms with Crippen molar-refractivity contribution in [1.82, 2.24) is 20.2 Å². The fourth-order valence-corrected chi connectivity index (χ4v) is 2.19. The van der Waals surface area contributed by atoms with Crippen molar-refractivity contribution in [2.75, 3.05) is 0 Å². The van der Waals surface area contributed by atoms with Crippen molar-refractivity contribution in [3.05, 3.63) is 35.9 Å². The van der Waals surface area contributed by atoms with Crippen molar-refractivity contribution >= 4 is 17.7 Å². The molecule has 0 fully saturated rings. The third-order valence-corrected chi connectivity index (χ3v) is 3.40. The number of nitrogens with zero attached hydrogens (tertiary/aromatic N) is 4. The smallest absolute Gasteiger partial charge is 0.321 e. The topological polar surface area (TPSA) is 80.9 Å². The molecule has 0 aliphatic heterocycles. The Hall–Kier alpha value is -1.89. The van der Waals surface area contributed by atoms with Gasteiger partial charge in [-0.1, -0.05) is 42.1 Å². The standard InChI is InChI=1S/C10H10N4O2S/c1-14-10(11-12-13-14)17-8(9(15)16)7-5-3-2-4-6-7/h2-6,8H,1H3,(H,15,16)/t8-/m1/s1. The average molecular weight is 250 g/mol. The van der Waals surface area contributed by atoms with Gasteiger partial charge < -0.3 is 5.11 Å². The predicted molar refractivity (Wildman–Crippen MR) is 61.5 cm³/mol. The monoisotopic (exact) mass is 250 g/mol. The molecule has 1 aromatic carbocycles. The molecule has 0 aliphatic rings. The van der Waals surface area contributed by atoms with E-state index in [4.69, 9.17) is 0 Å². The second-order valence-electron chi connectivity index (χ2n) is 3.33. The van der Waals surface area contributed by atoms with Crippen LogP contribution in [0.3, 0.4) is 0 Å². The average Bonchev–Trinajstić information content (AvgIpc) is 2.72. The van der Waals surface area contributed by atoms with E-state index in [-0.39, 0.29) is 0 Å². The van der Waals surface area contributed by atoms with Gasteiger partial charge in [0.2, 0.25) is 5.16 Å². The molecule has 0 radical (unpaired) electrons. The van der Waals surface area contributed by atoms with Crippen LogP contribution < -0.4 is 0 Å². The molecule has 0 unspecified atom stereocenters. The lowest BCUT2D eigenvalue weighted by Crippen LogP contribution is -2.09. The summed E-state index contributed by atoms with van der Waals surface area (Å²) in [6.45, 7) is 0. The minimum absolute atomic E-state index is 0.473. The number of aliphatic carboxylic acids is 1. The lowest BCUT2D eigenvalue weighted by atomic mass is 10.1. The van der Waals surface area contributed by atoms with Crippen molar-refractivity contribution in [2.24, 2.45) is 7.05 Å². The molecule has 0 spiro atoms. The lowest BCUT2D eigenvalue weighted by molar-refractivity contribution is -0.136. The first-order valence-corrected chi connectivity index (χ1v) is 5.73. The molecule has 6 nitrogen and oxygen atoms in total. The first-order chi connectivity index (χ1) is 8.18. The number of thioether (sulfide) groups is 1. The highest BCUT2D eigenvalue weighted by Crippen LogP contribution is 2.33. The summed E-state index contributed by atoms with van der Waals surface area (Å²) in [6.07, 6.45) is 0. The molecule has 7 heteroatoms. The highest BCUT2D eigenvalue weighted by Gasteiger charge is 2.23. The first kappa shape index (κ1) is 11.6. The summed E-state index contributed by atoms with van der Waals surface area (Å²) in [5.41, 5.74) is 0.716. The Morgan fingerprint density at radius 2 is 2.12 bits per heavy atom. The zero-order valence-electron chi connectivity index (χ0n) is 9.02. The van der Waals surface area contributed by atoms with Crippen LogP contribution in [0.2, 0.25) is 0 Å². The fourth-order valence-electron chi connectivity index (χ4n) is 1.32. The van der Waals surface area contributed by atoms with E-state index in [0.29, 0.717) is 10.7 Å². The molecule has 88 valence electrons. The third kappa shape index (κ3) is 2.62. The summed E-state index contributed by atoms with van der Waals surface area (Å²) in [7, 11) is 1.67. The van der Waals surface area contributed by atoms with Gasteiger partial charge in [-0.3, -0.25) is 4.79 Å². The van der Waals surface area contributed by atoms with Gasteiger partial charge in [-0.25, -0.2) is 4.68 Å². The molecule has 17 heavy (non-hydrogen) atoms. The van der Waals surface area contributed by atoms with Gasteiger partial charge in [-0.05, 0) is 16.0 Å². The summed E-state index contributed by atoms with van der Waals surface area (Å²) in [5, 5.41) is 19.9. The van der Waals surface area contributed by atoms with Crippen LogP contribution in [0, 0.1) is 0 Å². The summed E-state index contributed by atoms with van der Waals surface area (Å²) >= 11 is 1.11. The number of carboxylic acids is 1. The zero-order chi connectivity index (χ0) is 12.3. The van der Waals surface area contributed by atoms with Gasteiger partial charge in [-0.15, -0.1) is 5.10 Å². The highest BCUT2D eigenvalue weighted by atomic mass is 32.2. The van der Waals surface area contributed by atoms with Gasteiger partial charge in [0.05, 0.1) is 0 Å². The van der Waals surface area contributed by atoms with Crippen LogP contribution in [0.1, 0.15) is 10.8 Å². The van der Waals surface area contributed by atoms with Gasteiger partial charge >= 0.3 is 5.97 Å². The van der Waals surface area contributed by atoms with Crippen molar-refractivity contribution in [3.63, 3.8) is 0 Å². The molecule has 1 heterocycles. The molecule has 1 atom stereocenters. The Labute approximate surface area is 102 Å². The van der Waals surface area contributed by atoms with E-state index < -0.39 is 11.2 Å². The number of carbonyl (C=O) groups is 1. The molecule has 2 aromatic rings. The normalized spacial score (nSPS) is 12.3. The van der Waals surface area contributed by atoms with E-state index in [1.54, 1.807) is 31.3 Å². The molecular formula is C10H10N4O2S. The maximum atomic E-state index is 11.2. The van der Waals surface area contributed by atoms with Gasteiger partial charge in [0, 0.05) is 7.05 Å². The van der Waals surface area contributed by atoms with E-state index in [9.17, 15) is 9.90 Å². The van der Waals surface area contributed by atoms with Crippen LogP contribution in [-0.2, 0) is 11.8 Å². The predicted octanol–water partition coefficient (Wildman–Crippen LogP) is 1.13. The maximum absolute atomic E-state index is 11.2. The van der Waals surface area contributed by atoms with Gasteiger partial charge in [0.25, 0.3) is 0 Å². The fraction of sp³-hybridized carbons (Fsp3) is 0.200. The van der Waals surface area contributed by atoms with E-state index >= 15 is 0 Å². The minimum Gasteiger partial charge on any atom is -0.480 e. The van der Waals surface area contributed by atoms with Crippen LogP contribution in [0.15, 0.2) is 35.5 Å². The van der Waals surface area contributed by atoms with Crippen molar-refractivity contribution in [1.29, 1.82) is 0 Å². The number of tetrazole rings is 1. The van der Waals surface area contributed by atoms with Crippen molar-refractivity contribution < 1.29 is 9.90 Å². The molecule has 0 saturated carbocycles. The molecule has 0 saturated heterocycles. The number of benzene rings is 1. The van der Waals surface area contributed by atoms with Crippen LogP contribution in [0.5, 0.6) is 0 Å². The summed E-state index contributed by atoms with van der Waals surface area (Å²) < 4.78 is 1.45. The lowest BCUT2D eigenvalue weighted by Gasteiger charge is -2.10. The Balaban J connectivity index is 2.26. The van der Waals surface area contributed by atoms with Crippen LogP contribution in [0.25, 0.3) is 0 Å². The Morgan fingerprint density at radius 1 is 1.41 bits per heavy atom.